The number of hydrogen-bond donors (Lipinski definition) is 2. The topological polar surface area (TPSA) is 27.3 Å². The Labute approximate surface area is 78.5 Å². The summed E-state index contributed by atoms with van der Waals surface area (Å²) < 4.78 is 5.87. The fourth-order valence-corrected chi connectivity index (χ4v) is 2.81. The number of piperidine rings is 1. The van der Waals surface area contributed by atoms with Gasteiger partial charge in [0.05, 0.1) is 0 Å². The molecule has 2 fully saturated rings. The van der Waals surface area contributed by atoms with Gasteiger partial charge in [0.1, 0.15) is 0 Å². The minimum Gasteiger partial charge on any atom is -0.317 e. The van der Waals surface area contributed by atoms with Crippen LogP contribution < -0.4 is 10.0 Å². The van der Waals surface area contributed by atoms with Gasteiger partial charge in [-0.05, 0) is 32.4 Å². The molecule has 4 heteroatoms. The first kappa shape index (κ1) is 8.81. The van der Waals surface area contributed by atoms with Crippen LogP contribution in [0.2, 0.25) is 0 Å². The van der Waals surface area contributed by atoms with Gasteiger partial charge in [-0.25, -0.2) is 4.31 Å². The molecule has 2 aliphatic rings. The maximum Gasteiger partial charge on any atom is 0.0238 e. The number of hydrogen-bond acceptors (Lipinski definition) is 4. The van der Waals surface area contributed by atoms with Crippen molar-refractivity contribution in [1.82, 2.24) is 14.3 Å². The van der Waals surface area contributed by atoms with Crippen LogP contribution in [0.25, 0.3) is 0 Å². The van der Waals surface area contributed by atoms with E-state index in [-0.39, 0.29) is 0 Å². The Kier molecular flexibility index (Phi) is 3.28. The van der Waals surface area contributed by atoms with Gasteiger partial charge < -0.3 is 5.32 Å². The molecule has 0 saturated carbocycles. The summed E-state index contributed by atoms with van der Waals surface area (Å²) in [5.74, 6) is 0. The lowest BCUT2D eigenvalue weighted by molar-refractivity contribution is 0.272. The summed E-state index contributed by atoms with van der Waals surface area (Å²) in [4.78, 5) is 0. The molecule has 0 aromatic carbocycles. The second-order valence-electron chi connectivity index (χ2n) is 3.46. The first-order valence-corrected chi connectivity index (χ1v) is 5.61. The zero-order valence-corrected chi connectivity index (χ0v) is 8.20. The van der Waals surface area contributed by atoms with E-state index in [2.05, 4.69) is 14.3 Å². The van der Waals surface area contributed by atoms with E-state index in [1.54, 1.807) is 0 Å². The average Bonchev–Trinajstić information content (AvgIpc) is 2.21. The predicted molar refractivity (Wildman–Crippen MR) is 52.8 cm³/mol. The Hall–Kier alpha value is 0.230. The third-order valence-electron chi connectivity index (χ3n) is 2.56. The lowest BCUT2D eigenvalue weighted by Crippen LogP contribution is -2.43. The quantitative estimate of drug-likeness (QED) is 0.588. The van der Waals surface area contributed by atoms with E-state index < -0.39 is 0 Å². The highest BCUT2D eigenvalue weighted by molar-refractivity contribution is 7.95. The largest absolute Gasteiger partial charge is 0.317 e. The summed E-state index contributed by atoms with van der Waals surface area (Å²) >= 11 is 1.83. The van der Waals surface area contributed by atoms with Gasteiger partial charge in [0, 0.05) is 31.3 Å². The van der Waals surface area contributed by atoms with Crippen LogP contribution in [0.4, 0.5) is 0 Å². The standard InChI is InChI=1S/C8H17N3S/c1-4-10-12-11(7-1)8-2-5-9-6-3-8/h8-10H,1-7H2. The van der Waals surface area contributed by atoms with Gasteiger partial charge in [0.25, 0.3) is 0 Å². The molecular weight excluding hydrogens is 170 g/mol. The Balaban J connectivity index is 1.80. The van der Waals surface area contributed by atoms with Crippen LogP contribution in [-0.4, -0.2) is 36.5 Å². The number of nitrogens with zero attached hydrogens (tertiary/aromatic N) is 1. The van der Waals surface area contributed by atoms with Gasteiger partial charge in [0.2, 0.25) is 0 Å². The molecule has 2 rings (SSSR count). The maximum atomic E-state index is 3.40. The molecule has 0 bridgehead atoms. The van der Waals surface area contributed by atoms with Crippen LogP contribution in [0.5, 0.6) is 0 Å². The van der Waals surface area contributed by atoms with Crippen LogP contribution in [0.15, 0.2) is 0 Å². The van der Waals surface area contributed by atoms with E-state index in [0.717, 1.165) is 6.04 Å². The van der Waals surface area contributed by atoms with Crippen molar-refractivity contribution in [2.75, 3.05) is 26.2 Å². The first-order valence-electron chi connectivity index (χ1n) is 4.84. The van der Waals surface area contributed by atoms with Crippen molar-refractivity contribution in [1.29, 1.82) is 0 Å². The van der Waals surface area contributed by atoms with Gasteiger partial charge in [-0.3, -0.25) is 4.72 Å². The fourth-order valence-electron chi connectivity index (χ4n) is 1.83. The van der Waals surface area contributed by atoms with Gasteiger partial charge >= 0.3 is 0 Å². The van der Waals surface area contributed by atoms with Gasteiger partial charge in [0.15, 0.2) is 0 Å². The zero-order valence-electron chi connectivity index (χ0n) is 7.38. The summed E-state index contributed by atoms with van der Waals surface area (Å²) in [6, 6.07) is 0.809. The van der Waals surface area contributed by atoms with E-state index in [9.17, 15) is 0 Å². The van der Waals surface area contributed by atoms with E-state index in [0.29, 0.717) is 0 Å². The van der Waals surface area contributed by atoms with Gasteiger partial charge in [-0.2, -0.15) is 0 Å². The molecule has 0 unspecified atom stereocenters. The molecule has 2 heterocycles. The molecule has 2 aliphatic heterocycles. The van der Waals surface area contributed by atoms with Gasteiger partial charge in [-0.15, -0.1) is 0 Å². The van der Waals surface area contributed by atoms with Crippen molar-refractivity contribution in [2.24, 2.45) is 0 Å². The molecule has 12 heavy (non-hydrogen) atoms. The lowest BCUT2D eigenvalue weighted by atomic mass is 10.1. The Morgan fingerprint density at radius 2 is 2.00 bits per heavy atom. The molecule has 3 nitrogen and oxygen atoms in total. The Bertz CT molecular complexity index is 114. The summed E-state index contributed by atoms with van der Waals surface area (Å²) in [6.07, 6.45) is 3.93. The van der Waals surface area contributed by atoms with E-state index in [1.165, 1.54) is 45.4 Å². The van der Waals surface area contributed by atoms with Crippen LogP contribution in [0, 0.1) is 0 Å². The minimum atomic E-state index is 0.809. The minimum absolute atomic E-state index is 0.809. The van der Waals surface area contributed by atoms with Crippen molar-refractivity contribution >= 4 is 12.1 Å². The molecular formula is C8H17N3S. The highest BCUT2D eigenvalue weighted by atomic mass is 32.2. The zero-order chi connectivity index (χ0) is 8.23. The number of nitrogens with one attached hydrogen (secondary N) is 2. The average molecular weight is 187 g/mol. The van der Waals surface area contributed by atoms with Crippen molar-refractivity contribution in [2.45, 2.75) is 25.3 Å². The number of rotatable bonds is 1. The van der Waals surface area contributed by atoms with Crippen molar-refractivity contribution in [3.63, 3.8) is 0 Å². The molecule has 0 spiro atoms. The first-order chi connectivity index (χ1) is 5.97. The van der Waals surface area contributed by atoms with Crippen LogP contribution in [0.3, 0.4) is 0 Å². The van der Waals surface area contributed by atoms with E-state index in [4.69, 9.17) is 0 Å². The normalized spacial score (nSPS) is 29.0. The molecule has 0 aromatic heterocycles. The molecule has 70 valence electrons. The van der Waals surface area contributed by atoms with Crippen molar-refractivity contribution < 1.29 is 0 Å². The summed E-state index contributed by atoms with van der Waals surface area (Å²) in [7, 11) is 0. The van der Waals surface area contributed by atoms with Crippen LogP contribution in [-0.2, 0) is 0 Å². The van der Waals surface area contributed by atoms with Gasteiger partial charge in [-0.1, -0.05) is 0 Å². The maximum absolute atomic E-state index is 3.40. The lowest BCUT2D eigenvalue weighted by Gasteiger charge is -2.35. The van der Waals surface area contributed by atoms with E-state index >= 15 is 0 Å². The summed E-state index contributed by atoms with van der Waals surface area (Å²) in [5.41, 5.74) is 0. The smallest absolute Gasteiger partial charge is 0.0238 e. The Morgan fingerprint density at radius 3 is 2.67 bits per heavy atom. The molecule has 2 saturated heterocycles. The molecule has 0 amide bonds. The second kappa shape index (κ2) is 4.46. The second-order valence-corrected chi connectivity index (χ2v) is 4.40. The highest BCUT2D eigenvalue weighted by Gasteiger charge is 2.22. The third-order valence-corrected chi connectivity index (χ3v) is 3.60. The van der Waals surface area contributed by atoms with Crippen molar-refractivity contribution in [3.05, 3.63) is 0 Å². The highest BCUT2D eigenvalue weighted by Crippen LogP contribution is 2.21. The fraction of sp³-hybridized carbons (Fsp3) is 1.00. The predicted octanol–water partition coefficient (Wildman–Crippen LogP) is 0.597. The monoisotopic (exact) mass is 187 g/mol. The van der Waals surface area contributed by atoms with Crippen LogP contribution >= 0.6 is 12.1 Å². The molecule has 0 aromatic rings. The van der Waals surface area contributed by atoms with Crippen LogP contribution in [0.1, 0.15) is 19.3 Å². The molecule has 2 N–H and O–H groups in total. The Morgan fingerprint density at radius 1 is 1.17 bits per heavy atom. The molecule has 0 atom stereocenters. The summed E-state index contributed by atoms with van der Waals surface area (Å²) in [5, 5.41) is 3.40. The van der Waals surface area contributed by atoms with E-state index in [1.807, 2.05) is 12.1 Å². The third kappa shape index (κ3) is 2.13. The summed E-state index contributed by atoms with van der Waals surface area (Å²) in [6.45, 7) is 4.83. The SMILES string of the molecule is C1CNSN(C2CCNCC2)C1. The van der Waals surface area contributed by atoms with Crippen molar-refractivity contribution in [3.8, 4) is 0 Å². The molecule has 0 radical (unpaired) electrons. The molecule has 0 aliphatic carbocycles.